The highest BCUT2D eigenvalue weighted by atomic mass is 19.4. The summed E-state index contributed by atoms with van der Waals surface area (Å²) in [4.78, 5) is 0. The zero-order valence-electron chi connectivity index (χ0n) is 11.1. The second-order valence-electron chi connectivity index (χ2n) is 5.26. The molecule has 118 valence electrons. The van der Waals surface area contributed by atoms with Gasteiger partial charge >= 0.3 is 12.4 Å². The van der Waals surface area contributed by atoms with Gasteiger partial charge in [0.1, 0.15) is 0 Å². The van der Waals surface area contributed by atoms with Gasteiger partial charge in [-0.2, -0.15) is 26.3 Å². The predicted octanol–water partition coefficient (Wildman–Crippen LogP) is 4.27. The van der Waals surface area contributed by atoms with E-state index in [4.69, 9.17) is 0 Å². The Morgan fingerprint density at radius 3 is 2.10 bits per heavy atom. The van der Waals surface area contributed by atoms with Crippen molar-refractivity contribution in [3.8, 4) is 0 Å². The quantitative estimate of drug-likeness (QED) is 0.805. The Labute approximate surface area is 118 Å². The molecule has 0 aliphatic carbocycles. The number of piperidine rings is 1. The van der Waals surface area contributed by atoms with Crippen LogP contribution in [0.5, 0.6) is 0 Å². The summed E-state index contributed by atoms with van der Waals surface area (Å²) in [7, 11) is 0. The molecule has 0 unspecified atom stereocenters. The maximum atomic E-state index is 12.9. The van der Waals surface area contributed by atoms with Gasteiger partial charge in [0.05, 0.1) is 11.1 Å². The summed E-state index contributed by atoms with van der Waals surface area (Å²) in [5.41, 5.74) is -2.25. The van der Waals surface area contributed by atoms with Crippen molar-refractivity contribution >= 4 is 0 Å². The molecule has 1 fully saturated rings. The molecule has 1 aliphatic rings. The number of halogens is 6. The zero-order chi connectivity index (χ0) is 15.7. The van der Waals surface area contributed by atoms with E-state index in [0.29, 0.717) is 44.1 Å². The third-order valence-electron chi connectivity index (χ3n) is 3.71. The van der Waals surface area contributed by atoms with Gasteiger partial charge < -0.3 is 5.32 Å². The van der Waals surface area contributed by atoms with Crippen LogP contribution in [-0.4, -0.2) is 13.1 Å². The van der Waals surface area contributed by atoms with Crippen LogP contribution >= 0.6 is 0 Å². The van der Waals surface area contributed by atoms with Crippen LogP contribution in [0.25, 0.3) is 0 Å². The highest BCUT2D eigenvalue weighted by molar-refractivity contribution is 5.35. The fourth-order valence-corrected chi connectivity index (χ4v) is 2.61. The Kier molecular flexibility index (Phi) is 4.51. The van der Waals surface area contributed by atoms with Crippen LogP contribution in [0.2, 0.25) is 0 Å². The van der Waals surface area contributed by atoms with Crippen LogP contribution in [0.15, 0.2) is 18.2 Å². The van der Waals surface area contributed by atoms with Crippen LogP contribution in [-0.2, 0) is 18.8 Å². The average molecular weight is 311 g/mol. The second-order valence-corrected chi connectivity index (χ2v) is 5.26. The highest BCUT2D eigenvalue weighted by Crippen LogP contribution is 2.37. The first-order valence-electron chi connectivity index (χ1n) is 6.66. The predicted molar refractivity (Wildman–Crippen MR) is 65.7 cm³/mol. The van der Waals surface area contributed by atoms with Gasteiger partial charge in [0.15, 0.2) is 0 Å². The first-order chi connectivity index (χ1) is 9.68. The van der Waals surface area contributed by atoms with Crippen LogP contribution in [0.3, 0.4) is 0 Å². The summed E-state index contributed by atoms with van der Waals surface area (Å²) >= 11 is 0. The van der Waals surface area contributed by atoms with E-state index < -0.39 is 23.5 Å². The summed E-state index contributed by atoms with van der Waals surface area (Å²) in [6.45, 7) is 1.37. The third kappa shape index (κ3) is 4.12. The minimum absolute atomic E-state index is 0.0177. The molecular formula is C14H15F6N. The molecule has 0 bridgehead atoms. The van der Waals surface area contributed by atoms with Crippen molar-refractivity contribution in [2.45, 2.75) is 31.6 Å². The molecule has 7 heteroatoms. The summed E-state index contributed by atoms with van der Waals surface area (Å²) in [5.74, 6) is -0.0177. The van der Waals surface area contributed by atoms with Gasteiger partial charge in [-0.15, -0.1) is 0 Å². The molecule has 1 heterocycles. The maximum Gasteiger partial charge on any atom is 0.416 e. The lowest BCUT2D eigenvalue weighted by atomic mass is 9.88. The van der Waals surface area contributed by atoms with Crippen LogP contribution in [0.1, 0.15) is 29.5 Å². The Hall–Kier alpha value is -1.24. The van der Waals surface area contributed by atoms with Gasteiger partial charge in [-0.05, 0) is 62.0 Å². The maximum absolute atomic E-state index is 12.9. The van der Waals surface area contributed by atoms with Gasteiger partial charge in [-0.25, -0.2) is 0 Å². The van der Waals surface area contributed by atoms with Gasteiger partial charge in [0.25, 0.3) is 0 Å². The largest absolute Gasteiger partial charge is 0.416 e. The Bertz CT molecular complexity index is 485. The Balaban J connectivity index is 2.33. The van der Waals surface area contributed by atoms with E-state index in [2.05, 4.69) is 5.32 Å². The van der Waals surface area contributed by atoms with Crippen molar-refractivity contribution in [3.63, 3.8) is 0 Å². The monoisotopic (exact) mass is 311 g/mol. The van der Waals surface area contributed by atoms with Crippen molar-refractivity contribution in [2.24, 2.45) is 5.92 Å². The summed E-state index contributed by atoms with van der Waals surface area (Å²) in [5, 5.41) is 3.08. The minimum Gasteiger partial charge on any atom is -0.317 e. The van der Waals surface area contributed by atoms with Gasteiger partial charge in [0, 0.05) is 0 Å². The zero-order valence-corrected chi connectivity index (χ0v) is 11.1. The SMILES string of the molecule is FC(F)(F)c1ccc(C(F)(F)F)c(CC2CCNCC2)c1. The molecule has 1 saturated heterocycles. The molecule has 1 nitrogen and oxygen atoms in total. The number of benzene rings is 1. The molecule has 0 amide bonds. The molecule has 1 N–H and O–H groups in total. The minimum atomic E-state index is -4.63. The molecule has 0 radical (unpaired) electrons. The Morgan fingerprint density at radius 1 is 0.952 bits per heavy atom. The molecule has 21 heavy (non-hydrogen) atoms. The van der Waals surface area contributed by atoms with Crippen LogP contribution < -0.4 is 5.32 Å². The lowest BCUT2D eigenvalue weighted by Gasteiger charge is -2.24. The molecule has 1 aromatic rings. The number of hydrogen-bond donors (Lipinski definition) is 1. The summed E-state index contributed by atoms with van der Waals surface area (Å²) in [6, 6.07) is 1.68. The molecular weight excluding hydrogens is 296 g/mol. The van der Waals surface area contributed by atoms with Crippen molar-refractivity contribution < 1.29 is 26.3 Å². The molecule has 2 rings (SSSR count). The number of alkyl halides is 6. The van der Waals surface area contributed by atoms with E-state index in [0.717, 1.165) is 0 Å². The molecule has 0 atom stereocenters. The summed E-state index contributed by atoms with van der Waals surface area (Å²) in [6.07, 6.45) is -7.89. The van der Waals surface area contributed by atoms with Gasteiger partial charge in [0.2, 0.25) is 0 Å². The lowest BCUT2D eigenvalue weighted by molar-refractivity contribution is -0.141. The van der Waals surface area contributed by atoms with E-state index in [1.54, 1.807) is 0 Å². The lowest BCUT2D eigenvalue weighted by Crippen LogP contribution is -2.29. The normalized spacial score (nSPS) is 18.0. The van der Waals surface area contributed by atoms with Crippen molar-refractivity contribution in [2.75, 3.05) is 13.1 Å². The van der Waals surface area contributed by atoms with E-state index >= 15 is 0 Å². The first-order valence-corrected chi connectivity index (χ1v) is 6.66. The second kappa shape index (κ2) is 5.87. The van der Waals surface area contributed by atoms with E-state index in [9.17, 15) is 26.3 Å². The molecule has 0 spiro atoms. The number of nitrogens with one attached hydrogen (secondary N) is 1. The number of hydrogen-bond acceptors (Lipinski definition) is 1. The third-order valence-corrected chi connectivity index (χ3v) is 3.71. The van der Waals surface area contributed by atoms with E-state index in [1.807, 2.05) is 0 Å². The average Bonchev–Trinajstić information content (AvgIpc) is 2.37. The molecule has 0 aromatic heterocycles. The summed E-state index contributed by atoms with van der Waals surface area (Å²) < 4.78 is 76.9. The van der Waals surface area contributed by atoms with Gasteiger partial charge in [-0.3, -0.25) is 0 Å². The molecule has 0 saturated carbocycles. The van der Waals surface area contributed by atoms with E-state index in [1.165, 1.54) is 0 Å². The van der Waals surface area contributed by atoms with Crippen molar-refractivity contribution in [1.29, 1.82) is 0 Å². The Morgan fingerprint density at radius 2 is 1.57 bits per heavy atom. The fraction of sp³-hybridized carbons (Fsp3) is 0.571. The smallest absolute Gasteiger partial charge is 0.317 e. The first kappa shape index (κ1) is 16.1. The van der Waals surface area contributed by atoms with Crippen LogP contribution in [0, 0.1) is 5.92 Å². The van der Waals surface area contributed by atoms with E-state index in [-0.39, 0.29) is 17.9 Å². The highest BCUT2D eigenvalue weighted by Gasteiger charge is 2.37. The number of rotatable bonds is 2. The van der Waals surface area contributed by atoms with Crippen LogP contribution in [0.4, 0.5) is 26.3 Å². The topological polar surface area (TPSA) is 12.0 Å². The standard InChI is InChI=1S/C14H15F6N/c15-13(16,17)11-1-2-12(14(18,19)20)10(8-11)7-9-3-5-21-6-4-9/h1-2,8-9,21H,3-7H2. The molecule has 1 aromatic carbocycles. The fourth-order valence-electron chi connectivity index (χ4n) is 2.61. The van der Waals surface area contributed by atoms with Crippen molar-refractivity contribution in [1.82, 2.24) is 5.32 Å². The van der Waals surface area contributed by atoms with Crippen molar-refractivity contribution in [3.05, 3.63) is 34.9 Å². The molecule has 1 aliphatic heterocycles. The van der Waals surface area contributed by atoms with Gasteiger partial charge in [-0.1, -0.05) is 0 Å².